The van der Waals surface area contributed by atoms with E-state index in [1.54, 1.807) is 24.4 Å². The topological polar surface area (TPSA) is 80.0 Å². The minimum atomic E-state index is -0.252. The third-order valence-electron chi connectivity index (χ3n) is 3.71. The van der Waals surface area contributed by atoms with Crippen LogP contribution in [0.2, 0.25) is 0 Å². The van der Waals surface area contributed by atoms with Gasteiger partial charge in [-0.25, -0.2) is 4.68 Å². The van der Waals surface area contributed by atoms with Crippen molar-refractivity contribution in [1.29, 1.82) is 0 Å². The number of hydrogen-bond acceptors (Lipinski definition) is 4. The van der Waals surface area contributed by atoms with Crippen LogP contribution >= 0.6 is 0 Å². The first-order chi connectivity index (χ1) is 11.6. The van der Waals surface area contributed by atoms with Crippen LogP contribution in [0.15, 0.2) is 48.8 Å². The van der Waals surface area contributed by atoms with Crippen molar-refractivity contribution in [2.45, 2.75) is 20.5 Å². The van der Waals surface area contributed by atoms with Crippen LogP contribution in [0.3, 0.4) is 0 Å². The van der Waals surface area contributed by atoms with E-state index in [2.05, 4.69) is 15.4 Å². The molecule has 0 unspecified atom stereocenters. The average molecular weight is 322 g/mol. The molecule has 2 N–H and O–H groups in total. The van der Waals surface area contributed by atoms with Crippen LogP contribution in [-0.4, -0.2) is 25.8 Å². The number of carbonyl (C=O) groups is 1. The maximum Gasteiger partial charge on any atom is 0.255 e. The third-order valence-corrected chi connectivity index (χ3v) is 3.71. The molecule has 24 heavy (non-hydrogen) atoms. The quantitative estimate of drug-likeness (QED) is 0.774. The van der Waals surface area contributed by atoms with Gasteiger partial charge in [0.15, 0.2) is 0 Å². The highest BCUT2D eigenvalue weighted by Crippen LogP contribution is 2.16. The molecule has 6 heteroatoms. The van der Waals surface area contributed by atoms with Gasteiger partial charge in [-0.1, -0.05) is 0 Å². The molecule has 1 aromatic carbocycles. The molecule has 3 rings (SSSR count). The number of rotatable bonds is 4. The van der Waals surface area contributed by atoms with Crippen molar-refractivity contribution < 1.29 is 9.90 Å². The van der Waals surface area contributed by atoms with Crippen LogP contribution in [0.25, 0.3) is 5.69 Å². The lowest BCUT2D eigenvalue weighted by Crippen LogP contribution is -2.13. The summed E-state index contributed by atoms with van der Waals surface area (Å²) < 4.78 is 1.84. The van der Waals surface area contributed by atoms with Gasteiger partial charge in [0.25, 0.3) is 5.91 Å². The largest absolute Gasteiger partial charge is 0.392 e. The zero-order valence-corrected chi connectivity index (χ0v) is 13.5. The predicted octanol–water partition coefficient (Wildman–Crippen LogP) is 2.63. The Morgan fingerprint density at radius 1 is 1.21 bits per heavy atom. The molecular weight excluding hydrogens is 304 g/mol. The van der Waals surface area contributed by atoms with Crippen LogP contribution < -0.4 is 5.32 Å². The summed E-state index contributed by atoms with van der Waals surface area (Å²) in [6.45, 7) is 3.77. The molecule has 0 radical (unpaired) electrons. The van der Waals surface area contributed by atoms with E-state index in [0.29, 0.717) is 16.8 Å². The molecule has 2 aromatic heterocycles. The molecular formula is C18H18N4O2. The van der Waals surface area contributed by atoms with Gasteiger partial charge in [-0.2, -0.15) is 5.10 Å². The first-order valence-electron chi connectivity index (χ1n) is 7.57. The first-order valence-corrected chi connectivity index (χ1v) is 7.57. The molecule has 0 saturated carbocycles. The lowest BCUT2D eigenvalue weighted by molar-refractivity contribution is 0.102. The van der Waals surface area contributed by atoms with Crippen molar-refractivity contribution in [3.63, 3.8) is 0 Å². The zero-order valence-electron chi connectivity index (χ0n) is 13.5. The Morgan fingerprint density at radius 3 is 2.58 bits per heavy atom. The first kappa shape index (κ1) is 15.9. The summed E-state index contributed by atoms with van der Waals surface area (Å²) in [4.78, 5) is 16.3. The van der Waals surface area contributed by atoms with Gasteiger partial charge in [-0.3, -0.25) is 9.78 Å². The van der Waals surface area contributed by atoms with Crippen LogP contribution in [-0.2, 0) is 6.61 Å². The Hall–Kier alpha value is -2.99. The van der Waals surface area contributed by atoms with Crippen molar-refractivity contribution in [3.8, 4) is 5.69 Å². The number of aliphatic hydroxyl groups excluding tert-OH is 1. The Kier molecular flexibility index (Phi) is 4.39. The molecule has 0 atom stereocenters. The number of aromatic nitrogens is 3. The molecule has 0 fully saturated rings. The fourth-order valence-corrected chi connectivity index (χ4v) is 2.51. The minimum Gasteiger partial charge on any atom is -0.392 e. The van der Waals surface area contributed by atoms with Gasteiger partial charge in [-0.15, -0.1) is 0 Å². The fraction of sp³-hybridized carbons (Fsp3) is 0.167. The van der Waals surface area contributed by atoms with Crippen LogP contribution in [0.5, 0.6) is 0 Å². The van der Waals surface area contributed by atoms with E-state index in [0.717, 1.165) is 17.1 Å². The number of pyridine rings is 1. The van der Waals surface area contributed by atoms with Crippen LogP contribution in [0.1, 0.15) is 27.3 Å². The smallest absolute Gasteiger partial charge is 0.255 e. The van der Waals surface area contributed by atoms with E-state index in [9.17, 15) is 9.90 Å². The summed E-state index contributed by atoms with van der Waals surface area (Å²) in [5.74, 6) is -0.252. The second-order valence-corrected chi connectivity index (χ2v) is 5.53. The maximum atomic E-state index is 12.4. The summed E-state index contributed by atoms with van der Waals surface area (Å²) in [6.07, 6.45) is 3.10. The van der Waals surface area contributed by atoms with E-state index in [-0.39, 0.29) is 12.5 Å². The monoisotopic (exact) mass is 322 g/mol. The molecule has 0 spiro atoms. The lowest BCUT2D eigenvalue weighted by atomic mass is 10.1. The molecule has 0 aliphatic rings. The molecule has 122 valence electrons. The Balaban J connectivity index is 1.80. The Bertz CT molecular complexity index is 869. The van der Waals surface area contributed by atoms with Gasteiger partial charge < -0.3 is 10.4 Å². The molecule has 0 aliphatic carbocycles. The molecule has 6 nitrogen and oxygen atoms in total. The predicted molar refractivity (Wildman–Crippen MR) is 91.2 cm³/mol. The van der Waals surface area contributed by atoms with Crippen LogP contribution in [0, 0.1) is 13.8 Å². The standard InChI is InChI=1S/C18H18N4O2/c1-12-9-13(2)22(21-12)16-5-3-14(4-6-16)18(24)20-17-10-19-8-7-15(17)11-23/h3-10,23H,11H2,1-2H3,(H,20,24). The lowest BCUT2D eigenvalue weighted by Gasteiger charge is -2.09. The number of benzene rings is 1. The fourth-order valence-electron chi connectivity index (χ4n) is 2.51. The van der Waals surface area contributed by atoms with E-state index >= 15 is 0 Å². The molecule has 3 aromatic rings. The van der Waals surface area contributed by atoms with Crippen molar-refractivity contribution >= 4 is 11.6 Å². The van der Waals surface area contributed by atoms with Crippen molar-refractivity contribution in [2.24, 2.45) is 0 Å². The summed E-state index contributed by atoms with van der Waals surface area (Å²) in [5, 5.41) is 16.5. The Morgan fingerprint density at radius 2 is 1.96 bits per heavy atom. The number of nitrogens with one attached hydrogen (secondary N) is 1. The van der Waals surface area contributed by atoms with E-state index in [4.69, 9.17) is 0 Å². The number of carbonyl (C=O) groups excluding carboxylic acids is 1. The van der Waals surface area contributed by atoms with E-state index in [1.807, 2.05) is 36.7 Å². The summed E-state index contributed by atoms with van der Waals surface area (Å²) in [5.41, 5.74) is 4.53. The molecule has 1 amide bonds. The number of aryl methyl sites for hydroxylation is 2. The third kappa shape index (κ3) is 3.18. The SMILES string of the molecule is Cc1cc(C)n(-c2ccc(C(=O)Nc3cnccc3CO)cc2)n1. The summed E-state index contributed by atoms with van der Waals surface area (Å²) in [7, 11) is 0. The van der Waals surface area contributed by atoms with Gasteiger partial charge in [-0.05, 0) is 50.2 Å². The van der Waals surface area contributed by atoms with Gasteiger partial charge in [0.05, 0.1) is 29.9 Å². The minimum absolute atomic E-state index is 0.158. The van der Waals surface area contributed by atoms with Crippen LogP contribution in [0.4, 0.5) is 5.69 Å². The van der Waals surface area contributed by atoms with Gasteiger partial charge in [0, 0.05) is 23.0 Å². The molecule has 2 heterocycles. The summed E-state index contributed by atoms with van der Waals surface area (Å²) >= 11 is 0. The van der Waals surface area contributed by atoms with Crippen molar-refractivity contribution in [2.75, 3.05) is 5.32 Å². The number of amides is 1. The highest BCUT2D eigenvalue weighted by Gasteiger charge is 2.10. The molecule has 0 saturated heterocycles. The maximum absolute atomic E-state index is 12.4. The second-order valence-electron chi connectivity index (χ2n) is 5.53. The number of anilines is 1. The van der Waals surface area contributed by atoms with Crippen molar-refractivity contribution in [1.82, 2.24) is 14.8 Å². The highest BCUT2D eigenvalue weighted by molar-refractivity contribution is 6.04. The average Bonchev–Trinajstić information content (AvgIpc) is 2.94. The van der Waals surface area contributed by atoms with Crippen molar-refractivity contribution in [3.05, 3.63) is 71.3 Å². The van der Waals surface area contributed by atoms with E-state index < -0.39 is 0 Å². The van der Waals surface area contributed by atoms with Gasteiger partial charge >= 0.3 is 0 Å². The second kappa shape index (κ2) is 6.64. The number of aliphatic hydroxyl groups is 1. The summed E-state index contributed by atoms with van der Waals surface area (Å²) in [6, 6.07) is 10.9. The number of hydrogen-bond donors (Lipinski definition) is 2. The Labute approximate surface area is 139 Å². The zero-order chi connectivity index (χ0) is 17.1. The van der Waals surface area contributed by atoms with Gasteiger partial charge in [0.1, 0.15) is 0 Å². The van der Waals surface area contributed by atoms with Gasteiger partial charge in [0.2, 0.25) is 0 Å². The molecule has 0 aliphatic heterocycles. The van der Waals surface area contributed by atoms with E-state index in [1.165, 1.54) is 6.20 Å². The molecule has 0 bridgehead atoms. The number of nitrogens with zero attached hydrogens (tertiary/aromatic N) is 3. The normalized spacial score (nSPS) is 10.6. The highest BCUT2D eigenvalue weighted by atomic mass is 16.3.